The first-order valence-corrected chi connectivity index (χ1v) is 7.69. The van der Waals surface area contributed by atoms with Crippen LogP contribution in [0.1, 0.15) is 13.8 Å². The summed E-state index contributed by atoms with van der Waals surface area (Å²) in [6, 6.07) is 5.73. The number of carbonyl (C=O) groups excluding carboxylic acids is 1. The van der Waals surface area contributed by atoms with Gasteiger partial charge in [0.25, 0.3) is 0 Å². The van der Waals surface area contributed by atoms with Gasteiger partial charge in [-0.15, -0.1) is 0 Å². The van der Waals surface area contributed by atoms with E-state index in [4.69, 9.17) is 11.6 Å². The molecule has 0 spiro atoms. The van der Waals surface area contributed by atoms with Crippen molar-refractivity contribution in [2.75, 3.05) is 13.1 Å². The van der Waals surface area contributed by atoms with E-state index in [9.17, 15) is 13.2 Å². The first-order valence-electron chi connectivity index (χ1n) is 5.83. The fraction of sp³-hybridized carbons (Fsp3) is 0.417. The first kappa shape index (κ1) is 15.9. The monoisotopic (exact) mass is 304 g/mol. The lowest BCUT2D eigenvalue weighted by atomic mass is 10.2. The summed E-state index contributed by atoms with van der Waals surface area (Å²) >= 11 is 5.68. The van der Waals surface area contributed by atoms with Crippen molar-refractivity contribution in [2.45, 2.75) is 18.7 Å². The highest BCUT2D eigenvalue weighted by atomic mass is 35.5. The Morgan fingerprint density at radius 2 is 1.84 bits per heavy atom. The summed E-state index contributed by atoms with van der Waals surface area (Å²) in [6.07, 6.45) is 0. The molecule has 1 amide bonds. The number of rotatable bonds is 6. The number of amides is 1. The summed E-state index contributed by atoms with van der Waals surface area (Å²) in [5.74, 6) is -0.0388. The van der Waals surface area contributed by atoms with E-state index in [2.05, 4.69) is 10.0 Å². The first-order chi connectivity index (χ1) is 8.81. The quantitative estimate of drug-likeness (QED) is 0.834. The number of nitrogens with one attached hydrogen (secondary N) is 2. The van der Waals surface area contributed by atoms with E-state index >= 15 is 0 Å². The lowest BCUT2D eigenvalue weighted by Gasteiger charge is -2.09. The zero-order valence-corrected chi connectivity index (χ0v) is 12.4. The van der Waals surface area contributed by atoms with Gasteiger partial charge in [-0.2, -0.15) is 0 Å². The number of halogens is 1. The number of hydrogen-bond acceptors (Lipinski definition) is 3. The van der Waals surface area contributed by atoms with Crippen LogP contribution in [0, 0.1) is 5.92 Å². The van der Waals surface area contributed by atoms with Gasteiger partial charge in [0.05, 0.1) is 11.4 Å². The molecule has 0 atom stereocenters. The molecule has 7 heteroatoms. The fourth-order valence-corrected chi connectivity index (χ4v) is 2.35. The molecule has 19 heavy (non-hydrogen) atoms. The van der Waals surface area contributed by atoms with Crippen LogP contribution in [-0.4, -0.2) is 27.4 Å². The number of hydrogen-bond donors (Lipinski definition) is 2. The molecule has 0 radical (unpaired) electrons. The largest absolute Gasteiger partial charge is 0.355 e. The Morgan fingerprint density at radius 1 is 1.26 bits per heavy atom. The summed E-state index contributed by atoms with van der Waals surface area (Å²) in [6.45, 7) is 4.15. The molecule has 1 aromatic carbocycles. The van der Waals surface area contributed by atoms with E-state index in [0.29, 0.717) is 17.5 Å². The summed E-state index contributed by atoms with van der Waals surface area (Å²) in [7, 11) is -3.68. The molecule has 0 aliphatic rings. The Labute approximate surface area is 118 Å². The normalized spacial score (nSPS) is 11.6. The molecule has 0 aliphatic heterocycles. The van der Waals surface area contributed by atoms with Crippen molar-refractivity contribution in [3.63, 3.8) is 0 Å². The molecule has 0 bridgehead atoms. The van der Waals surface area contributed by atoms with Crippen LogP contribution in [0.3, 0.4) is 0 Å². The van der Waals surface area contributed by atoms with Gasteiger partial charge < -0.3 is 5.32 Å². The molecule has 0 unspecified atom stereocenters. The summed E-state index contributed by atoms with van der Waals surface area (Å²) < 4.78 is 25.9. The zero-order chi connectivity index (χ0) is 14.5. The molecular weight excluding hydrogens is 288 g/mol. The molecule has 1 aromatic rings. The highest BCUT2D eigenvalue weighted by Gasteiger charge is 2.15. The van der Waals surface area contributed by atoms with E-state index < -0.39 is 10.0 Å². The van der Waals surface area contributed by atoms with Gasteiger partial charge in [0.2, 0.25) is 15.9 Å². The third kappa shape index (κ3) is 5.59. The Morgan fingerprint density at radius 3 is 2.37 bits per heavy atom. The van der Waals surface area contributed by atoms with E-state index in [1.807, 2.05) is 13.8 Å². The van der Waals surface area contributed by atoms with Crippen LogP contribution in [0.5, 0.6) is 0 Å². The average molecular weight is 305 g/mol. The maximum absolute atomic E-state index is 11.9. The van der Waals surface area contributed by atoms with Crippen LogP contribution in [0.2, 0.25) is 5.02 Å². The third-order valence-electron chi connectivity index (χ3n) is 2.25. The van der Waals surface area contributed by atoms with Crippen molar-refractivity contribution in [1.82, 2.24) is 10.0 Å². The Bertz CT molecular complexity index is 526. The standard InChI is InChI=1S/C12H17ClN2O3S/c1-9(2)7-14-12(16)8-15-19(17,18)11-5-3-10(13)4-6-11/h3-6,9,15H,7-8H2,1-2H3,(H,14,16). The summed E-state index contributed by atoms with van der Waals surface area (Å²) in [4.78, 5) is 11.5. The van der Waals surface area contributed by atoms with Crippen LogP contribution in [0.15, 0.2) is 29.2 Å². The average Bonchev–Trinajstić information content (AvgIpc) is 2.34. The minimum absolute atomic E-state index is 0.0774. The topological polar surface area (TPSA) is 75.3 Å². The van der Waals surface area contributed by atoms with E-state index in [-0.39, 0.29) is 17.3 Å². The second kappa shape index (κ2) is 6.88. The lowest BCUT2D eigenvalue weighted by molar-refractivity contribution is -0.120. The Hall–Kier alpha value is -1.11. The predicted octanol–water partition coefficient (Wildman–Crippen LogP) is 1.39. The van der Waals surface area contributed by atoms with Gasteiger partial charge in [0, 0.05) is 11.6 Å². The van der Waals surface area contributed by atoms with Crippen LogP contribution in [-0.2, 0) is 14.8 Å². The van der Waals surface area contributed by atoms with Crippen molar-refractivity contribution in [3.8, 4) is 0 Å². The second-order valence-corrected chi connectivity index (χ2v) is 6.68. The van der Waals surface area contributed by atoms with Gasteiger partial charge in [-0.3, -0.25) is 4.79 Å². The van der Waals surface area contributed by atoms with Crippen LogP contribution >= 0.6 is 11.6 Å². The highest BCUT2D eigenvalue weighted by molar-refractivity contribution is 7.89. The van der Waals surface area contributed by atoms with Gasteiger partial charge >= 0.3 is 0 Å². The summed E-state index contributed by atoms with van der Waals surface area (Å²) in [5.41, 5.74) is 0. The van der Waals surface area contributed by atoms with Crippen LogP contribution in [0.25, 0.3) is 0 Å². The molecule has 0 heterocycles. The second-order valence-electron chi connectivity index (χ2n) is 4.48. The van der Waals surface area contributed by atoms with Crippen molar-refractivity contribution in [1.29, 1.82) is 0 Å². The molecule has 1 rings (SSSR count). The highest BCUT2D eigenvalue weighted by Crippen LogP contribution is 2.13. The van der Waals surface area contributed by atoms with Crippen LogP contribution in [0.4, 0.5) is 0 Å². The smallest absolute Gasteiger partial charge is 0.241 e. The van der Waals surface area contributed by atoms with Crippen molar-refractivity contribution in [2.24, 2.45) is 5.92 Å². The minimum atomic E-state index is -3.68. The number of sulfonamides is 1. The fourth-order valence-electron chi connectivity index (χ4n) is 1.24. The van der Waals surface area contributed by atoms with Gasteiger partial charge in [-0.25, -0.2) is 13.1 Å². The molecule has 5 nitrogen and oxygen atoms in total. The van der Waals surface area contributed by atoms with Crippen LogP contribution < -0.4 is 10.0 Å². The van der Waals surface area contributed by atoms with Gasteiger partial charge in [0.15, 0.2) is 0 Å². The molecule has 0 aliphatic carbocycles. The third-order valence-corrected chi connectivity index (χ3v) is 3.92. The van der Waals surface area contributed by atoms with Crippen molar-refractivity contribution in [3.05, 3.63) is 29.3 Å². The van der Waals surface area contributed by atoms with Crippen molar-refractivity contribution < 1.29 is 13.2 Å². The van der Waals surface area contributed by atoms with E-state index in [1.54, 1.807) is 0 Å². The Kier molecular flexibility index (Phi) is 5.78. The van der Waals surface area contributed by atoms with E-state index in [1.165, 1.54) is 24.3 Å². The zero-order valence-electron chi connectivity index (χ0n) is 10.8. The molecule has 0 aromatic heterocycles. The van der Waals surface area contributed by atoms with Gasteiger partial charge in [0.1, 0.15) is 0 Å². The SMILES string of the molecule is CC(C)CNC(=O)CNS(=O)(=O)c1ccc(Cl)cc1. The molecular formula is C12H17ClN2O3S. The minimum Gasteiger partial charge on any atom is -0.355 e. The number of benzene rings is 1. The van der Waals surface area contributed by atoms with Gasteiger partial charge in [-0.05, 0) is 30.2 Å². The maximum atomic E-state index is 11.9. The summed E-state index contributed by atoms with van der Waals surface area (Å²) in [5, 5.41) is 3.08. The molecule has 106 valence electrons. The molecule has 2 N–H and O–H groups in total. The maximum Gasteiger partial charge on any atom is 0.241 e. The van der Waals surface area contributed by atoms with Crippen molar-refractivity contribution >= 4 is 27.5 Å². The molecule has 0 saturated heterocycles. The number of carbonyl (C=O) groups is 1. The lowest BCUT2D eigenvalue weighted by Crippen LogP contribution is -2.38. The van der Waals surface area contributed by atoms with Gasteiger partial charge in [-0.1, -0.05) is 25.4 Å². The van der Waals surface area contributed by atoms with E-state index in [0.717, 1.165) is 0 Å². The predicted molar refractivity (Wildman–Crippen MR) is 74.5 cm³/mol. The molecule has 0 saturated carbocycles. The molecule has 0 fully saturated rings. The Balaban J connectivity index is 2.56.